The highest BCUT2D eigenvalue weighted by Gasteiger charge is 2.33. The summed E-state index contributed by atoms with van der Waals surface area (Å²) < 4.78 is 38.1. The first kappa shape index (κ1) is 14.0. The summed E-state index contributed by atoms with van der Waals surface area (Å²) in [7, 11) is 0. The second kappa shape index (κ2) is 5.28. The number of halogens is 3. The van der Waals surface area contributed by atoms with E-state index in [9.17, 15) is 18.3 Å². The monoisotopic (exact) mass is 274 g/mol. The number of nitrogens with one attached hydrogen (secondary N) is 1. The first-order valence-electron chi connectivity index (χ1n) is 6.26. The van der Waals surface area contributed by atoms with Gasteiger partial charge in [0, 0.05) is 23.8 Å². The maximum atomic E-state index is 12.7. The van der Waals surface area contributed by atoms with Gasteiger partial charge in [-0.1, -0.05) is 6.42 Å². The fourth-order valence-electron chi connectivity index (χ4n) is 2.42. The van der Waals surface area contributed by atoms with E-state index in [4.69, 9.17) is 5.73 Å². The Labute approximate surface area is 109 Å². The van der Waals surface area contributed by atoms with Crippen molar-refractivity contribution in [2.24, 2.45) is 5.92 Å². The van der Waals surface area contributed by atoms with Crippen LogP contribution in [0.4, 0.5) is 24.5 Å². The molecular weight excluding hydrogens is 257 g/mol. The highest BCUT2D eigenvalue weighted by molar-refractivity contribution is 5.58. The molecule has 2 rings (SSSR count). The lowest BCUT2D eigenvalue weighted by molar-refractivity contribution is -0.136. The summed E-state index contributed by atoms with van der Waals surface area (Å²) in [6.45, 7) is 0.475. The van der Waals surface area contributed by atoms with Crippen molar-refractivity contribution in [2.75, 3.05) is 17.6 Å². The third kappa shape index (κ3) is 3.32. The molecule has 0 saturated heterocycles. The van der Waals surface area contributed by atoms with E-state index in [1.807, 2.05) is 0 Å². The molecule has 0 bridgehead atoms. The van der Waals surface area contributed by atoms with E-state index in [0.29, 0.717) is 12.2 Å². The average molecular weight is 274 g/mol. The maximum absolute atomic E-state index is 12.7. The molecule has 2 unspecified atom stereocenters. The van der Waals surface area contributed by atoms with Crippen LogP contribution in [0.1, 0.15) is 24.8 Å². The molecule has 0 heterocycles. The number of nitrogens with two attached hydrogens (primary N) is 1. The minimum absolute atomic E-state index is 0.104. The number of aliphatic hydroxyl groups is 1. The molecule has 19 heavy (non-hydrogen) atoms. The van der Waals surface area contributed by atoms with Gasteiger partial charge in [0.05, 0.1) is 11.7 Å². The highest BCUT2D eigenvalue weighted by Crippen LogP contribution is 2.35. The molecule has 0 aliphatic heterocycles. The molecule has 4 N–H and O–H groups in total. The van der Waals surface area contributed by atoms with Gasteiger partial charge in [0.1, 0.15) is 0 Å². The first-order chi connectivity index (χ1) is 8.88. The minimum Gasteiger partial charge on any atom is -0.398 e. The molecule has 1 aliphatic rings. The van der Waals surface area contributed by atoms with Crippen LogP contribution in [0, 0.1) is 5.92 Å². The summed E-state index contributed by atoms with van der Waals surface area (Å²) in [5.74, 6) is 0.104. The zero-order valence-corrected chi connectivity index (χ0v) is 10.4. The van der Waals surface area contributed by atoms with Gasteiger partial charge in [-0.25, -0.2) is 0 Å². The lowest BCUT2D eigenvalue weighted by Crippen LogP contribution is -2.22. The number of rotatable bonds is 3. The molecule has 2 atom stereocenters. The molecule has 0 aromatic heterocycles. The Morgan fingerprint density at radius 1 is 1.32 bits per heavy atom. The van der Waals surface area contributed by atoms with Crippen LogP contribution in [-0.4, -0.2) is 17.8 Å². The number of hydrogen-bond donors (Lipinski definition) is 3. The van der Waals surface area contributed by atoms with Crippen molar-refractivity contribution < 1.29 is 18.3 Å². The van der Waals surface area contributed by atoms with Gasteiger partial charge in [0.25, 0.3) is 0 Å². The van der Waals surface area contributed by atoms with Crippen LogP contribution in [0.2, 0.25) is 0 Å². The normalized spacial score (nSPS) is 23.6. The lowest BCUT2D eigenvalue weighted by Gasteiger charge is -2.17. The fourth-order valence-corrected chi connectivity index (χ4v) is 2.42. The van der Waals surface area contributed by atoms with Gasteiger partial charge in [0.15, 0.2) is 0 Å². The molecule has 3 nitrogen and oxygen atoms in total. The summed E-state index contributed by atoms with van der Waals surface area (Å²) in [4.78, 5) is 0. The number of anilines is 2. The Balaban J connectivity index is 2.05. The van der Waals surface area contributed by atoms with Crippen LogP contribution < -0.4 is 11.1 Å². The van der Waals surface area contributed by atoms with Gasteiger partial charge >= 0.3 is 6.18 Å². The van der Waals surface area contributed by atoms with Crippen LogP contribution in [-0.2, 0) is 6.18 Å². The second-order valence-electron chi connectivity index (χ2n) is 4.94. The molecule has 1 aromatic rings. The number of alkyl halides is 3. The molecule has 1 fully saturated rings. The van der Waals surface area contributed by atoms with E-state index in [2.05, 4.69) is 5.32 Å². The van der Waals surface area contributed by atoms with Crippen LogP contribution in [0.5, 0.6) is 0 Å². The van der Waals surface area contributed by atoms with Crippen LogP contribution in [0.15, 0.2) is 18.2 Å². The van der Waals surface area contributed by atoms with Gasteiger partial charge in [-0.2, -0.15) is 13.2 Å². The third-order valence-corrected chi connectivity index (χ3v) is 3.55. The summed E-state index contributed by atoms with van der Waals surface area (Å²) in [5.41, 5.74) is 4.60. The molecule has 1 aliphatic carbocycles. The zero-order chi connectivity index (χ0) is 14.0. The topological polar surface area (TPSA) is 58.3 Å². The van der Waals surface area contributed by atoms with Gasteiger partial charge in [-0.15, -0.1) is 0 Å². The molecule has 1 aromatic carbocycles. The van der Waals surface area contributed by atoms with E-state index >= 15 is 0 Å². The largest absolute Gasteiger partial charge is 0.418 e. The Morgan fingerprint density at radius 2 is 2.05 bits per heavy atom. The Morgan fingerprint density at radius 3 is 2.63 bits per heavy atom. The molecule has 1 saturated carbocycles. The van der Waals surface area contributed by atoms with Gasteiger partial charge in [-0.05, 0) is 31.0 Å². The standard InChI is InChI=1S/C13H17F3N2O/c14-13(15,16)10-6-9(4-5-11(10)17)18-7-8-2-1-3-12(8)19/h4-6,8,12,18-19H,1-3,7,17H2. The molecule has 106 valence electrons. The van der Waals surface area contributed by atoms with Crippen molar-refractivity contribution >= 4 is 11.4 Å². The molecular formula is C13H17F3N2O. The van der Waals surface area contributed by atoms with Crippen molar-refractivity contribution in [1.29, 1.82) is 0 Å². The van der Waals surface area contributed by atoms with E-state index in [1.165, 1.54) is 12.1 Å². The number of aliphatic hydroxyl groups excluding tert-OH is 1. The predicted octanol–water partition coefficient (Wildman–Crippen LogP) is 2.86. The van der Waals surface area contributed by atoms with Crippen molar-refractivity contribution in [2.45, 2.75) is 31.5 Å². The van der Waals surface area contributed by atoms with E-state index < -0.39 is 11.7 Å². The number of hydrogen-bond acceptors (Lipinski definition) is 3. The average Bonchev–Trinajstić information content (AvgIpc) is 2.72. The maximum Gasteiger partial charge on any atom is 0.418 e. The van der Waals surface area contributed by atoms with E-state index in [-0.39, 0.29) is 17.7 Å². The number of benzene rings is 1. The Bertz CT molecular complexity index is 448. The van der Waals surface area contributed by atoms with Crippen LogP contribution in [0.3, 0.4) is 0 Å². The molecule has 6 heteroatoms. The SMILES string of the molecule is Nc1ccc(NCC2CCCC2O)cc1C(F)(F)F. The van der Waals surface area contributed by atoms with Crippen molar-refractivity contribution in [3.63, 3.8) is 0 Å². The van der Waals surface area contributed by atoms with Gasteiger partial charge in [-0.3, -0.25) is 0 Å². The summed E-state index contributed by atoms with van der Waals surface area (Å²) in [6.07, 6.45) is -2.18. The predicted molar refractivity (Wildman–Crippen MR) is 67.7 cm³/mol. The Hall–Kier alpha value is -1.43. The third-order valence-electron chi connectivity index (χ3n) is 3.55. The second-order valence-corrected chi connectivity index (χ2v) is 4.94. The minimum atomic E-state index is -4.45. The summed E-state index contributed by atoms with van der Waals surface area (Å²) >= 11 is 0. The molecule has 0 spiro atoms. The van der Waals surface area contributed by atoms with Gasteiger partial charge in [0.2, 0.25) is 0 Å². The van der Waals surface area contributed by atoms with Crippen molar-refractivity contribution in [3.05, 3.63) is 23.8 Å². The smallest absolute Gasteiger partial charge is 0.398 e. The first-order valence-corrected chi connectivity index (χ1v) is 6.26. The van der Waals surface area contributed by atoms with Crippen molar-refractivity contribution in [1.82, 2.24) is 0 Å². The summed E-state index contributed by atoms with van der Waals surface area (Å²) in [5, 5.41) is 12.6. The van der Waals surface area contributed by atoms with Crippen LogP contribution in [0.25, 0.3) is 0 Å². The quantitative estimate of drug-likeness (QED) is 0.743. The van der Waals surface area contributed by atoms with Crippen LogP contribution >= 0.6 is 0 Å². The highest BCUT2D eigenvalue weighted by atomic mass is 19.4. The van der Waals surface area contributed by atoms with Gasteiger partial charge < -0.3 is 16.2 Å². The Kier molecular flexibility index (Phi) is 3.89. The fraction of sp³-hybridized carbons (Fsp3) is 0.538. The molecule has 0 radical (unpaired) electrons. The number of nitrogen functional groups attached to an aromatic ring is 1. The lowest BCUT2D eigenvalue weighted by atomic mass is 10.1. The summed E-state index contributed by atoms with van der Waals surface area (Å²) in [6, 6.07) is 3.78. The zero-order valence-electron chi connectivity index (χ0n) is 10.4. The van der Waals surface area contributed by atoms with E-state index in [0.717, 1.165) is 25.3 Å². The molecule has 0 amide bonds. The van der Waals surface area contributed by atoms with E-state index in [1.54, 1.807) is 0 Å². The van der Waals surface area contributed by atoms with Crippen molar-refractivity contribution in [3.8, 4) is 0 Å².